The molecule has 3 rings (SSSR count). The van der Waals surface area contributed by atoms with Crippen molar-refractivity contribution >= 4 is 25.8 Å². The lowest BCUT2D eigenvalue weighted by Crippen LogP contribution is -2.39. The van der Waals surface area contributed by atoms with Crippen molar-refractivity contribution in [3.05, 3.63) is 33.8 Å². The summed E-state index contributed by atoms with van der Waals surface area (Å²) < 4.78 is 24.0. The Morgan fingerprint density at radius 3 is 2.63 bits per heavy atom. The van der Waals surface area contributed by atoms with Crippen LogP contribution in [0.4, 0.5) is 0 Å². The summed E-state index contributed by atoms with van der Waals surface area (Å²) in [5.74, 6) is 0.676. The molecule has 1 aliphatic heterocycles. The van der Waals surface area contributed by atoms with Crippen molar-refractivity contribution in [2.45, 2.75) is 37.8 Å². The number of rotatable bonds is 2. The smallest absolute Gasteiger partial charge is 0.150 e. The maximum absolute atomic E-state index is 11.4. The second kappa shape index (κ2) is 5.19. The van der Waals surface area contributed by atoms with Gasteiger partial charge in [-0.05, 0) is 48.9 Å². The van der Waals surface area contributed by atoms with Gasteiger partial charge in [-0.2, -0.15) is 0 Å². The first-order valence-electron chi connectivity index (χ1n) is 6.78. The molecule has 0 bridgehead atoms. The minimum atomic E-state index is -2.76. The Bertz CT molecular complexity index is 571. The zero-order valence-electron chi connectivity index (χ0n) is 10.7. The van der Waals surface area contributed by atoms with Gasteiger partial charge in [0, 0.05) is 16.6 Å². The normalized spacial score (nSPS) is 26.3. The van der Waals surface area contributed by atoms with Crippen LogP contribution in [0.5, 0.6) is 0 Å². The molecule has 1 fully saturated rings. The first kappa shape index (κ1) is 13.6. The fourth-order valence-corrected chi connectivity index (χ4v) is 5.00. The van der Waals surface area contributed by atoms with Crippen LogP contribution in [-0.2, 0) is 16.3 Å². The fraction of sp³-hybridized carbons (Fsp3) is 0.571. The van der Waals surface area contributed by atoms with E-state index in [1.54, 1.807) is 0 Å². The van der Waals surface area contributed by atoms with Gasteiger partial charge in [-0.1, -0.05) is 22.0 Å². The lowest BCUT2D eigenvalue weighted by Gasteiger charge is -2.27. The monoisotopic (exact) mass is 343 g/mol. The van der Waals surface area contributed by atoms with Crippen LogP contribution < -0.4 is 5.32 Å². The molecular weight excluding hydrogens is 326 g/mol. The number of benzene rings is 1. The molecule has 1 unspecified atom stereocenters. The topological polar surface area (TPSA) is 46.2 Å². The van der Waals surface area contributed by atoms with E-state index in [2.05, 4.69) is 39.4 Å². The van der Waals surface area contributed by atoms with Crippen molar-refractivity contribution in [2.75, 3.05) is 11.5 Å². The third-order valence-corrected chi connectivity index (χ3v) is 6.38. The summed E-state index contributed by atoms with van der Waals surface area (Å²) in [4.78, 5) is 0. The van der Waals surface area contributed by atoms with Crippen LogP contribution in [0.3, 0.4) is 0 Å². The first-order chi connectivity index (χ1) is 9.03. The summed E-state index contributed by atoms with van der Waals surface area (Å²) in [7, 11) is -2.76. The van der Waals surface area contributed by atoms with E-state index in [1.807, 2.05) is 0 Å². The number of nitrogens with one attached hydrogen (secondary N) is 1. The predicted molar refractivity (Wildman–Crippen MR) is 80.0 cm³/mol. The quantitative estimate of drug-likeness (QED) is 0.897. The summed E-state index contributed by atoms with van der Waals surface area (Å²) in [6.45, 7) is 0. The van der Waals surface area contributed by atoms with Crippen molar-refractivity contribution < 1.29 is 8.42 Å². The van der Waals surface area contributed by atoms with E-state index in [4.69, 9.17) is 0 Å². The van der Waals surface area contributed by atoms with Crippen molar-refractivity contribution in [3.63, 3.8) is 0 Å². The van der Waals surface area contributed by atoms with Gasteiger partial charge in [0.05, 0.1) is 11.5 Å². The maximum Gasteiger partial charge on any atom is 0.150 e. The van der Waals surface area contributed by atoms with Gasteiger partial charge < -0.3 is 5.32 Å². The highest BCUT2D eigenvalue weighted by molar-refractivity contribution is 9.10. The Labute approximate surface area is 122 Å². The van der Waals surface area contributed by atoms with Crippen molar-refractivity contribution in [1.29, 1.82) is 0 Å². The highest BCUT2D eigenvalue weighted by Crippen LogP contribution is 2.34. The van der Waals surface area contributed by atoms with Crippen LogP contribution in [0.1, 0.15) is 36.4 Å². The molecule has 0 radical (unpaired) electrons. The molecule has 104 valence electrons. The predicted octanol–water partition coefficient (Wildman–Crippen LogP) is 2.60. The Kier molecular flexibility index (Phi) is 3.71. The van der Waals surface area contributed by atoms with Gasteiger partial charge in [0.2, 0.25) is 0 Å². The van der Waals surface area contributed by atoms with E-state index in [9.17, 15) is 8.42 Å². The molecule has 1 aromatic carbocycles. The summed E-state index contributed by atoms with van der Waals surface area (Å²) in [6.07, 6.45) is 3.74. The highest BCUT2D eigenvalue weighted by atomic mass is 79.9. The van der Waals surface area contributed by atoms with E-state index in [1.165, 1.54) is 11.1 Å². The van der Waals surface area contributed by atoms with Gasteiger partial charge in [-0.15, -0.1) is 0 Å². The zero-order chi connectivity index (χ0) is 13.5. The SMILES string of the molecule is O=S1(=O)CCC(NC2CCc3cc(Br)ccc32)CC1. The highest BCUT2D eigenvalue weighted by Gasteiger charge is 2.28. The molecule has 0 aromatic heterocycles. The average molecular weight is 344 g/mol. The Morgan fingerprint density at radius 2 is 1.89 bits per heavy atom. The van der Waals surface area contributed by atoms with Crippen molar-refractivity contribution in [3.8, 4) is 0 Å². The average Bonchev–Trinajstić information content (AvgIpc) is 2.74. The molecule has 0 spiro atoms. The summed E-state index contributed by atoms with van der Waals surface area (Å²) in [5.41, 5.74) is 2.80. The molecule has 1 aliphatic carbocycles. The standard InChI is InChI=1S/C14H18BrNO2S/c15-11-2-3-13-10(9-11)1-4-14(13)16-12-5-7-19(17,18)8-6-12/h2-3,9,12,14,16H,1,4-8H2. The van der Waals surface area contributed by atoms with Gasteiger partial charge in [0.25, 0.3) is 0 Å². The lowest BCUT2D eigenvalue weighted by atomic mass is 10.1. The number of hydrogen-bond donors (Lipinski definition) is 1. The van der Waals surface area contributed by atoms with Crippen molar-refractivity contribution in [1.82, 2.24) is 5.32 Å². The van der Waals surface area contributed by atoms with Gasteiger partial charge >= 0.3 is 0 Å². The van der Waals surface area contributed by atoms with Gasteiger partial charge in [0.15, 0.2) is 0 Å². The van der Waals surface area contributed by atoms with E-state index in [0.717, 1.165) is 30.2 Å². The molecule has 3 nitrogen and oxygen atoms in total. The Morgan fingerprint density at radius 1 is 1.16 bits per heavy atom. The maximum atomic E-state index is 11.4. The largest absolute Gasteiger partial charge is 0.307 e. The van der Waals surface area contributed by atoms with Crippen LogP contribution in [0.2, 0.25) is 0 Å². The van der Waals surface area contributed by atoms with Crippen molar-refractivity contribution in [2.24, 2.45) is 0 Å². The van der Waals surface area contributed by atoms with Gasteiger partial charge in [0.1, 0.15) is 9.84 Å². The molecule has 0 saturated carbocycles. The third-order valence-electron chi connectivity index (χ3n) is 4.17. The van der Waals surface area contributed by atoms with Gasteiger partial charge in [-0.25, -0.2) is 8.42 Å². The molecule has 1 atom stereocenters. The number of halogens is 1. The summed E-state index contributed by atoms with van der Waals surface area (Å²) in [5, 5.41) is 3.65. The molecule has 1 N–H and O–H groups in total. The lowest BCUT2D eigenvalue weighted by molar-refractivity contribution is 0.403. The summed E-state index contributed by atoms with van der Waals surface area (Å²) in [6, 6.07) is 7.22. The first-order valence-corrected chi connectivity index (χ1v) is 9.40. The van der Waals surface area contributed by atoms with E-state index in [-0.39, 0.29) is 0 Å². The molecule has 0 amide bonds. The molecule has 5 heteroatoms. The zero-order valence-corrected chi connectivity index (χ0v) is 13.1. The molecule has 1 heterocycles. The molecule has 19 heavy (non-hydrogen) atoms. The molecule has 1 aromatic rings. The van der Waals surface area contributed by atoms with E-state index in [0.29, 0.717) is 23.6 Å². The van der Waals surface area contributed by atoms with Crippen LogP contribution in [-0.4, -0.2) is 26.0 Å². The van der Waals surface area contributed by atoms with Crippen LogP contribution in [0.25, 0.3) is 0 Å². The van der Waals surface area contributed by atoms with E-state index >= 15 is 0 Å². The fourth-order valence-electron chi connectivity index (χ4n) is 3.10. The third kappa shape index (κ3) is 3.03. The Balaban J connectivity index is 1.67. The molecule has 1 saturated heterocycles. The van der Waals surface area contributed by atoms with E-state index < -0.39 is 9.84 Å². The second-order valence-corrected chi connectivity index (χ2v) is 8.75. The molecule has 2 aliphatic rings. The van der Waals surface area contributed by atoms with Crippen LogP contribution >= 0.6 is 15.9 Å². The summed E-state index contributed by atoms with van der Waals surface area (Å²) >= 11 is 3.51. The second-order valence-electron chi connectivity index (χ2n) is 5.53. The van der Waals surface area contributed by atoms with Gasteiger partial charge in [-0.3, -0.25) is 0 Å². The number of sulfone groups is 1. The van der Waals surface area contributed by atoms with Crippen LogP contribution in [0, 0.1) is 0 Å². The minimum absolute atomic E-state index is 0.338. The molecular formula is C14H18BrNO2S. The number of hydrogen-bond acceptors (Lipinski definition) is 3. The minimum Gasteiger partial charge on any atom is -0.307 e. The number of fused-ring (bicyclic) bond motifs is 1. The van der Waals surface area contributed by atoms with Crippen LogP contribution in [0.15, 0.2) is 22.7 Å². The Hall–Kier alpha value is -0.390. The number of aryl methyl sites for hydroxylation is 1.